The van der Waals surface area contributed by atoms with Crippen LogP contribution in [0.5, 0.6) is 0 Å². The zero-order chi connectivity index (χ0) is 30.1. The van der Waals surface area contributed by atoms with Crippen LogP contribution in [-0.4, -0.2) is 74.2 Å². The van der Waals surface area contributed by atoms with E-state index in [4.69, 9.17) is 0 Å². The van der Waals surface area contributed by atoms with Crippen molar-refractivity contribution in [2.24, 2.45) is 0 Å². The second-order valence-corrected chi connectivity index (χ2v) is 11.9. The summed E-state index contributed by atoms with van der Waals surface area (Å²) in [5.41, 5.74) is 0. The molecule has 4 N–H and O–H groups in total. The number of unbranched alkanes of at least 4 members (excludes halogenated alkanes) is 18. The van der Waals surface area contributed by atoms with Crippen molar-refractivity contribution in [3.8, 4) is 0 Å². The highest BCUT2D eigenvalue weighted by Crippen LogP contribution is 2.11. The Morgan fingerprint density at radius 2 is 0.902 bits per heavy atom. The van der Waals surface area contributed by atoms with E-state index in [1.165, 1.54) is 116 Å². The molecule has 7 nitrogen and oxygen atoms in total. The number of rotatable bonds is 33. The van der Waals surface area contributed by atoms with Crippen molar-refractivity contribution < 1.29 is 14.7 Å². The van der Waals surface area contributed by atoms with E-state index in [1.807, 2.05) is 0 Å². The molecule has 0 bridgehead atoms. The normalized spacial score (nSPS) is 11.3. The fraction of sp³-hybridized carbons (Fsp3) is 0.941. The summed E-state index contributed by atoms with van der Waals surface area (Å²) in [4.78, 5) is 26.4. The molecule has 41 heavy (non-hydrogen) atoms. The highest BCUT2D eigenvalue weighted by Gasteiger charge is 2.08. The molecular weight excluding hydrogens is 512 g/mol. The average molecular weight is 583 g/mol. The van der Waals surface area contributed by atoms with Crippen LogP contribution in [0.2, 0.25) is 0 Å². The first-order chi connectivity index (χ1) is 20.1. The highest BCUT2D eigenvalue weighted by atomic mass is 16.3. The third kappa shape index (κ3) is 31.6. The molecule has 0 saturated carbocycles. The van der Waals surface area contributed by atoms with E-state index >= 15 is 0 Å². The first-order valence-corrected chi connectivity index (χ1v) is 17.7. The zero-order valence-electron chi connectivity index (χ0n) is 27.4. The molecule has 0 rings (SSSR count). The standard InChI is InChI=1S/C34H70N4O3/c1-3-5-7-9-11-13-15-17-19-21-25-36-33(40)23-27-35-28-30-38(31-32-39)29-24-34(41)37-26-22-20-18-16-14-12-10-8-6-4-2/h35,39H,3-32H2,1-2H3,(H,36,40)(H,37,41). The number of aliphatic hydroxyl groups excluding tert-OH is 1. The maximum atomic E-state index is 12.2. The van der Waals surface area contributed by atoms with Crippen molar-refractivity contribution in [1.29, 1.82) is 0 Å². The molecular formula is C34H70N4O3. The number of carbonyl (C=O) groups is 2. The Hall–Kier alpha value is -1.18. The van der Waals surface area contributed by atoms with Gasteiger partial charge in [-0.2, -0.15) is 0 Å². The van der Waals surface area contributed by atoms with E-state index < -0.39 is 0 Å². The third-order valence-corrected chi connectivity index (χ3v) is 7.91. The molecule has 0 fully saturated rings. The number of hydrogen-bond acceptors (Lipinski definition) is 5. The van der Waals surface area contributed by atoms with Crippen LogP contribution < -0.4 is 16.0 Å². The van der Waals surface area contributed by atoms with E-state index in [0.717, 1.165) is 39.0 Å². The van der Waals surface area contributed by atoms with Gasteiger partial charge in [0, 0.05) is 58.7 Å². The fourth-order valence-corrected chi connectivity index (χ4v) is 5.16. The van der Waals surface area contributed by atoms with Crippen molar-refractivity contribution in [3.05, 3.63) is 0 Å². The number of amides is 2. The summed E-state index contributed by atoms with van der Waals surface area (Å²) in [7, 11) is 0. The zero-order valence-corrected chi connectivity index (χ0v) is 27.4. The minimum atomic E-state index is 0.0849. The smallest absolute Gasteiger partial charge is 0.221 e. The van der Waals surface area contributed by atoms with Gasteiger partial charge in [0.25, 0.3) is 0 Å². The van der Waals surface area contributed by atoms with Crippen molar-refractivity contribution >= 4 is 11.8 Å². The van der Waals surface area contributed by atoms with E-state index in [9.17, 15) is 14.7 Å². The Balaban J connectivity index is 3.60. The summed E-state index contributed by atoms with van der Waals surface area (Å²) in [6.07, 6.45) is 27.0. The van der Waals surface area contributed by atoms with Gasteiger partial charge in [0.15, 0.2) is 0 Å². The summed E-state index contributed by atoms with van der Waals surface area (Å²) >= 11 is 0. The van der Waals surface area contributed by atoms with Gasteiger partial charge in [0.1, 0.15) is 0 Å². The molecule has 0 atom stereocenters. The quantitative estimate of drug-likeness (QED) is 0.0644. The lowest BCUT2D eigenvalue weighted by atomic mass is 10.1. The maximum Gasteiger partial charge on any atom is 0.221 e. The van der Waals surface area contributed by atoms with Crippen LogP contribution in [0.25, 0.3) is 0 Å². The molecule has 0 heterocycles. The largest absolute Gasteiger partial charge is 0.395 e. The van der Waals surface area contributed by atoms with Gasteiger partial charge in [0.2, 0.25) is 11.8 Å². The summed E-state index contributed by atoms with van der Waals surface area (Å²) in [6, 6.07) is 0. The van der Waals surface area contributed by atoms with Gasteiger partial charge in [0.05, 0.1) is 6.61 Å². The van der Waals surface area contributed by atoms with Crippen LogP contribution in [0, 0.1) is 0 Å². The highest BCUT2D eigenvalue weighted by molar-refractivity contribution is 5.76. The minimum Gasteiger partial charge on any atom is -0.395 e. The van der Waals surface area contributed by atoms with Crippen molar-refractivity contribution in [1.82, 2.24) is 20.9 Å². The molecule has 0 radical (unpaired) electrons. The molecule has 0 aliphatic rings. The van der Waals surface area contributed by atoms with Crippen molar-refractivity contribution in [3.63, 3.8) is 0 Å². The molecule has 0 unspecified atom stereocenters. The van der Waals surface area contributed by atoms with E-state index in [-0.39, 0.29) is 18.4 Å². The first-order valence-electron chi connectivity index (χ1n) is 17.7. The van der Waals surface area contributed by atoms with Crippen LogP contribution in [0.1, 0.15) is 155 Å². The van der Waals surface area contributed by atoms with Crippen LogP contribution >= 0.6 is 0 Å². The Kier molecular flexibility index (Phi) is 32.4. The minimum absolute atomic E-state index is 0.0849. The SMILES string of the molecule is CCCCCCCCCCCCNC(=O)CCNCCN(CCO)CCC(=O)NCCCCCCCCCCCC. The van der Waals surface area contributed by atoms with E-state index in [2.05, 4.69) is 34.7 Å². The van der Waals surface area contributed by atoms with Gasteiger partial charge >= 0.3 is 0 Å². The predicted molar refractivity (Wildman–Crippen MR) is 175 cm³/mol. The Labute approximate surface area is 254 Å². The van der Waals surface area contributed by atoms with Gasteiger partial charge in [-0.25, -0.2) is 0 Å². The molecule has 7 heteroatoms. The van der Waals surface area contributed by atoms with Crippen LogP contribution in [-0.2, 0) is 9.59 Å². The maximum absolute atomic E-state index is 12.2. The third-order valence-electron chi connectivity index (χ3n) is 7.91. The van der Waals surface area contributed by atoms with Crippen LogP contribution in [0.4, 0.5) is 0 Å². The number of hydrogen-bond donors (Lipinski definition) is 4. The fourth-order valence-electron chi connectivity index (χ4n) is 5.16. The summed E-state index contributed by atoms with van der Waals surface area (Å²) < 4.78 is 0. The lowest BCUT2D eigenvalue weighted by molar-refractivity contribution is -0.122. The second kappa shape index (κ2) is 33.3. The summed E-state index contributed by atoms with van der Waals surface area (Å²) in [5, 5.41) is 18.8. The van der Waals surface area contributed by atoms with Crippen molar-refractivity contribution in [2.75, 3.05) is 52.4 Å². The number of nitrogens with one attached hydrogen (secondary N) is 3. The monoisotopic (exact) mass is 583 g/mol. The summed E-state index contributed by atoms with van der Waals surface area (Å²) in [6.45, 7) is 9.50. The molecule has 0 aliphatic carbocycles. The molecule has 2 amide bonds. The second-order valence-electron chi connectivity index (χ2n) is 11.9. The molecule has 0 spiro atoms. The molecule has 0 aromatic rings. The summed E-state index contributed by atoms with van der Waals surface area (Å²) in [5.74, 6) is 0.204. The Morgan fingerprint density at radius 1 is 0.488 bits per heavy atom. The molecule has 0 aromatic heterocycles. The molecule has 0 aliphatic heterocycles. The van der Waals surface area contributed by atoms with Gasteiger partial charge in [-0.15, -0.1) is 0 Å². The molecule has 0 aromatic carbocycles. The number of nitrogens with zero attached hydrogens (tertiary/aromatic N) is 1. The Bertz CT molecular complexity index is 562. The topological polar surface area (TPSA) is 93.7 Å². The predicted octanol–water partition coefficient (Wildman–Crippen LogP) is 6.72. The van der Waals surface area contributed by atoms with Gasteiger partial charge < -0.3 is 21.1 Å². The lowest BCUT2D eigenvalue weighted by Crippen LogP contribution is -2.38. The van der Waals surface area contributed by atoms with Crippen molar-refractivity contribution in [2.45, 2.75) is 155 Å². The van der Waals surface area contributed by atoms with E-state index in [1.54, 1.807) is 0 Å². The van der Waals surface area contributed by atoms with Crippen LogP contribution in [0.15, 0.2) is 0 Å². The van der Waals surface area contributed by atoms with E-state index in [0.29, 0.717) is 32.5 Å². The lowest BCUT2D eigenvalue weighted by Gasteiger charge is -2.21. The molecule has 0 saturated heterocycles. The Morgan fingerprint density at radius 3 is 1.34 bits per heavy atom. The van der Waals surface area contributed by atoms with Gasteiger partial charge in [-0.3, -0.25) is 14.5 Å². The van der Waals surface area contributed by atoms with Gasteiger partial charge in [-0.05, 0) is 12.8 Å². The van der Waals surface area contributed by atoms with Gasteiger partial charge in [-0.1, -0.05) is 129 Å². The first kappa shape index (κ1) is 39.8. The number of carbonyl (C=O) groups excluding carboxylic acids is 2. The van der Waals surface area contributed by atoms with Crippen LogP contribution in [0.3, 0.4) is 0 Å². The number of aliphatic hydroxyl groups is 1. The average Bonchev–Trinajstić information content (AvgIpc) is 2.97. The molecule has 244 valence electrons.